The summed E-state index contributed by atoms with van der Waals surface area (Å²) in [5.41, 5.74) is 4.20. The van der Waals surface area contributed by atoms with Gasteiger partial charge in [0.15, 0.2) is 0 Å². The number of para-hydroxylation sites is 1. The number of carbonyl (C=O) groups is 1. The third kappa shape index (κ3) is 2.66. The molecule has 1 aromatic carbocycles. The van der Waals surface area contributed by atoms with Crippen molar-refractivity contribution >= 4 is 5.91 Å². The Labute approximate surface area is 160 Å². The maximum Gasteiger partial charge on any atom is 0.256 e. The van der Waals surface area contributed by atoms with Crippen molar-refractivity contribution in [3.63, 3.8) is 0 Å². The first-order chi connectivity index (χ1) is 13.8. The molecular weight excluding hydrogens is 354 g/mol. The summed E-state index contributed by atoms with van der Waals surface area (Å²) in [5.74, 6) is -0.0631. The molecule has 1 aliphatic rings. The molecule has 8 nitrogen and oxygen atoms in total. The van der Waals surface area contributed by atoms with Gasteiger partial charge < -0.3 is 9.88 Å². The molecule has 3 aromatic heterocycles. The monoisotopic (exact) mass is 371 g/mol. The summed E-state index contributed by atoms with van der Waals surface area (Å²) >= 11 is 0. The van der Waals surface area contributed by atoms with Gasteiger partial charge in [-0.1, -0.05) is 18.2 Å². The summed E-state index contributed by atoms with van der Waals surface area (Å²) in [6.07, 6.45) is 9.12. The second kappa shape index (κ2) is 6.73. The van der Waals surface area contributed by atoms with Crippen LogP contribution < -0.4 is 0 Å². The fraction of sp³-hybridized carbons (Fsp3) is 0.150. The van der Waals surface area contributed by atoms with E-state index in [0.717, 1.165) is 29.1 Å². The molecule has 0 saturated heterocycles. The Morgan fingerprint density at radius 1 is 1.11 bits per heavy atom. The van der Waals surface area contributed by atoms with Gasteiger partial charge in [0.1, 0.15) is 18.7 Å². The van der Waals surface area contributed by atoms with Gasteiger partial charge in [-0.15, -0.1) is 10.2 Å². The first-order valence-corrected chi connectivity index (χ1v) is 9.00. The number of hydrogen-bond donors (Lipinski definition) is 1. The molecule has 1 atom stereocenters. The lowest BCUT2D eigenvalue weighted by Crippen LogP contribution is -2.41. The predicted molar refractivity (Wildman–Crippen MR) is 101 cm³/mol. The highest BCUT2D eigenvalue weighted by Crippen LogP contribution is 2.34. The lowest BCUT2D eigenvalue weighted by molar-refractivity contribution is 0.0690. The zero-order valence-electron chi connectivity index (χ0n) is 14.9. The van der Waals surface area contributed by atoms with Crippen LogP contribution in [0.3, 0.4) is 0 Å². The normalized spacial score (nSPS) is 16.0. The van der Waals surface area contributed by atoms with E-state index in [1.54, 1.807) is 35.9 Å². The van der Waals surface area contributed by atoms with Crippen molar-refractivity contribution in [2.24, 2.45) is 0 Å². The molecule has 5 rings (SSSR count). The van der Waals surface area contributed by atoms with Crippen LogP contribution >= 0.6 is 0 Å². The van der Waals surface area contributed by atoms with Gasteiger partial charge in [0.25, 0.3) is 5.91 Å². The molecule has 0 fully saturated rings. The number of aromatic amines is 1. The van der Waals surface area contributed by atoms with E-state index in [9.17, 15) is 4.79 Å². The molecule has 1 N–H and O–H groups in total. The van der Waals surface area contributed by atoms with Gasteiger partial charge in [-0.2, -0.15) is 0 Å². The van der Waals surface area contributed by atoms with Gasteiger partial charge in [0.2, 0.25) is 0 Å². The number of rotatable bonds is 3. The average molecular weight is 371 g/mol. The van der Waals surface area contributed by atoms with Crippen LogP contribution in [0.1, 0.15) is 33.4 Å². The summed E-state index contributed by atoms with van der Waals surface area (Å²) in [6, 6.07) is 11.1. The highest BCUT2D eigenvalue weighted by atomic mass is 16.2. The van der Waals surface area contributed by atoms with Crippen molar-refractivity contribution in [1.82, 2.24) is 34.6 Å². The number of imidazole rings is 1. The standard InChI is InChI=1S/C20H17N7O/c28-20(15-5-1-2-6-17(15)26-12-24-25-13-26)27-9-7-16-18(23-11-22-16)19(27)14-4-3-8-21-10-14/h1-6,8,10-13,19H,7,9H2,(H,22,23). The fourth-order valence-electron chi connectivity index (χ4n) is 3.73. The third-order valence-electron chi connectivity index (χ3n) is 5.02. The van der Waals surface area contributed by atoms with Gasteiger partial charge in [-0.05, 0) is 23.8 Å². The molecule has 4 aromatic rings. The minimum Gasteiger partial charge on any atom is -0.348 e. The molecule has 4 heterocycles. The number of benzene rings is 1. The smallest absolute Gasteiger partial charge is 0.256 e. The van der Waals surface area contributed by atoms with Crippen molar-refractivity contribution < 1.29 is 4.79 Å². The second-order valence-corrected chi connectivity index (χ2v) is 6.59. The molecule has 0 bridgehead atoms. The lowest BCUT2D eigenvalue weighted by Gasteiger charge is -2.35. The minimum atomic E-state index is -0.287. The van der Waals surface area contributed by atoms with Gasteiger partial charge in [-0.25, -0.2) is 4.98 Å². The van der Waals surface area contributed by atoms with Crippen LogP contribution in [0.5, 0.6) is 0 Å². The van der Waals surface area contributed by atoms with Gasteiger partial charge in [0.05, 0.1) is 23.3 Å². The number of nitrogens with one attached hydrogen (secondary N) is 1. The summed E-state index contributed by atoms with van der Waals surface area (Å²) in [7, 11) is 0. The van der Waals surface area contributed by atoms with Gasteiger partial charge in [-0.3, -0.25) is 14.3 Å². The first-order valence-electron chi connectivity index (χ1n) is 9.00. The van der Waals surface area contributed by atoms with Gasteiger partial charge >= 0.3 is 0 Å². The van der Waals surface area contributed by atoms with E-state index < -0.39 is 0 Å². The summed E-state index contributed by atoms with van der Waals surface area (Å²) in [4.78, 5) is 27.5. The summed E-state index contributed by atoms with van der Waals surface area (Å²) in [6.45, 7) is 0.587. The number of H-pyrrole nitrogens is 1. The molecular formula is C20H17N7O. The molecule has 138 valence electrons. The Morgan fingerprint density at radius 3 is 2.79 bits per heavy atom. The lowest BCUT2D eigenvalue weighted by atomic mass is 9.95. The highest BCUT2D eigenvalue weighted by molar-refractivity contribution is 5.98. The van der Waals surface area contributed by atoms with Crippen LogP contribution in [-0.4, -0.2) is 47.1 Å². The summed E-state index contributed by atoms with van der Waals surface area (Å²) in [5, 5.41) is 7.73. The van der Waals surface area contributed by atoms with E-state index in [0.29, 0.717) is 12.1 Å². The topological polar surface area (TPSA) is 92.6 Å². The quantitative estimate of drug-likeness (QED) is 0.596. The Morgan fingerprint density at radius 2 is 1.96 bits per heavy atom. The Kier molecular flexibility index (Phi) is 3.93. The molecule has 0 saturated carbocycles. The number of amides is 1. The molecule has 1 aliphatic heterocycles. The van der Waals surface area contributed by atoms with Crippen molar-refractivity contribution in [2.75, 3.05) is 6.54 Å². The van der Waals surface area contributed by atoms with Crippen molar-refractivity contribution in [1.29, 1.82) is 0 Å². The number of pyridine rings is 1. The molecule has 8 heteroatoms. The first kappa shape index (κ1) is 16.4. The molecule has 1 unspecified atom stereocenters. The largest absolute Gasteiger partial charge is 0.348 e. The highest BCUT2D eigenvalue weighted by Gasteiger charge is 2.35. The van der Waals surface area contributed by atoms with E-state index in [1.165, 1.54) is 0 Å². The number of nitrogens with zero attached hydrogens (tertiary/aromatic N) is 6. The molecule has 0 aliphatic carbocycles. The molecule has 0 radical (unpaired) electrons. The van der Waals surface area contributed by atoms with Crippen LogP contribution in [0.15, 0.2) is 67.8 Å². The van der Waals surface area contributed by atoms with Crippen molar-refractivity contribution in [3.05, 3.63) is 90.3 Å². The number of hydrogen-bond acceptors (Lipinski definition) is 5. The van der Waals surface area contributed by atoms with Crippen LogP contribution in [-0.2, 0) is 6.42 Å². The zero-order chi connectivity index (χ0) is 18.9. The number of carbonyl (C=O) groups excluding carboxylic acids is 1. The Bertz CT molecular complexity index is 1100. The third-order valence-corrected chi connectivity index (χ3v) is 5.02. The molecule has 28 heavy (non-hydrogen) atoms. The van der Waals surface area contributed by atoms with Crippen molar-refractivity contribution in [3.8, 4) is 5.69 Å². The van der Waals surface area contributed by atoms with Crippen LogP contribution in [0, 0.1) is 0 Å². The summed E-state index contributed by atoms with van der Waals surface area (Å²) < 4.78 is 1.75. The van der Waals surface area contributed by atoms with Crippen LogP contribution in [0.2, 0.25) is 0 Å². The van der Waals surface area contributed by atoms with E-state index >= 15 is 0 Å². The minimum absolute atomic E-state index is 0.0631. The fourth-order valence-corrected chi connectivity index (χ4v) is 3.73. The molecule has 0 spiro atoms. The van der Waals surface area contributed by atoms with Gasteiger partial charge in [0, 0.05) is 31.1 Å². The maximum absolute atomic E-state index is 13.6. The second-order valence-electron chi connectivity index (χ2n) is 6.59. The number of fused-ring (bicyclic) bond motifs is 1. The van der Waals surface area contributed by atoms with Crippen molar-refractivity contribution in [2.45, 2.75) is 12.5 Å². The van der Waals surface area contributed by atoms with E-state index in [4.69, 9.17) is 0 Å². The Hall–Kier alpha value is -3.81. The SMILES string of the molecule is O=C(c1ccccc1-n1cnnc1)N1CCc2[nH]cnc2C1c1cccnc1. The average Bonchev–Trinajstić information content (AvgIpc) is 3.45. The van der Waals surface area contributed by atoms with E-state index in [1.807, 2.05) is 41.3 Å². The predicted octanol–water partition coefficient (Wildman–Crippen LogP) is 2.17. The zero-order valence-corrected chi connectivity index (χ0v) is 14.9. The Balaban J connectivity index is 1.60. The van der Waals surface area contributed by atoms with E-state index in [2.05, 4.69) is 25.1 Å². The number of aromatic nitrogens is 6. The van der Waals surface area contributed by atoms with E-state index in [-0.39, 0.29) is 11.9 Å². The maximum atomic E-state index is 13.6. The molecule has 1 amide bonds. The van der Waals surface area contributed by atoms with Crippen LogP contribution in [0.4, 0.5) is 0 Å². The van der Waals surface area contributed by atoms with Crippen LogP contribution in [0.25, 0.3) is 5.69 Å².